The molecule has 0 fully saturated rings. The third kappa shape index (κ3) is 3.30. The lowest BCUT2D eigenvalue weighted by atomic mass is 9.99. The summed E-state index contributed by atoms with van der Waals surface area (Å²) in [6.45, 7) is 12.7. The van der Waals surface area contributed by atoms with Gasteiger partial charge >= 0.3 is 0 Å². The fraction of sp³-hybridized carbons (Fsp3) is 0.421. The zero-order chi connectivity index (χ0) is 17.6. The molecule has 0 aliphatic heterocycles. The van der Waals surface area contributed by atoms with E-state index < -0.39 is 14.0 Å². The molecular weight excluding hydrogens is 289 g/mol. The number of rotatable bonds is 3. The van der Waals surface area contributed by atoms with Crippen molar-refractivity contribution in [2.75, 3.05) is 0 Å². The van der Waals surface area contributed by atoms with Gasteiger partial charge in [0.15, 0.2) is 6.20 Å². The van der Waals surface area contributed by atoms with Gasteiger partial charge in [-0.05, 0) is 42.1 Å². The highest BCUT2D eigenvalue weighted by Crippen LogP contribution is 2.24. The lowest BCUT2D eigenvalue weighted by Crippen LogP contribution is -2.47. The maximum atomic E-state index is 13.4. The zero-order valence-electron chi connectivity index (χ0n) is 15.7. The first-order valence-electron chi connectivity index (χ1n) is 8.22. The Morgan fingerprint density at radius 3 is 2.32 bits per heavy atom. The van der Waals surface area contributed by atoms with Gasteiger partial charge in [-0.15, -0.1) is 0 Å². The van der Waals surface area contributed by atoms with Gasteiger partial charge in [0.2, 0.25) is 5.69 Å². The topological polar surface area (TPSA) is 3.88 Å². The highest BCUT2D eigenvalue weighted by atomic mass is 28.3. The number of halogens is 1. The second-order valence-corrected chi connectivity index (χ2v) is 12.3. The van der Waals surface area contributed by atoms with Gasteiger partial charge in [0.25, 0.3) is 0 Å². The molecule has 1 aromatic carbocycles. The van der Waals surface area contributed by atoms with E-state index in [0.717, 1.165) is 22.4 Å². The van der Waals surface area contributed by atoms with Crippen molar-refractivity contribution in [1.82, 2.24) is 0 Å². The fourth-order valence-corrected chi connectivity index (χ4v) is 4.55. The predicted molar refractivity (Wildman–Crippen MR) is 94.8 cm³/mol. The van der Waals surface area contributed by atoms with Crippen LogP contribution in [0.4, 0.5) is 4.39 Å². The van der Waals surface area contributed by atoms with Gasteiger partial charge in [0.1, 0.15) is 12.9 Å². The van der Waals surface area contributed by atoms with Crippen LogP contribution in [-0.2, 0) is 7.05 Å². The summed E-state index contributed by atoms with van der Waals surface area (Å²) in [6, 6.07) is 7.02. The van der Waals surface area contributed by atoms with E-state index in [2.05, 4.69) is 36.5 Å². The molecule has 1 heterocycles. The Bertz CT molecular complexity index is 742. The molecule has 0 saturated carbocycles. The molecule has 118 valence electrons. The highest BCUT2D eigenvalue weighted by molar-refractivity contribution is 6.89. The van der Waals surface area contributed by atoms with Crippen LogP contribution in [0, 0.1) is 12.7 Å². The number of nitrogens with zero attached hydrogens (tertiary/aromatic N) is 1. The average Bonchev–Trinajstić information content (AvgIpc) is 2.36. The van der Waals surface area contributed by atoms with Crippen LogP contribution in [0.25, 0.3) is 11.3 Å². The third-order valence-corrected chi connectivity index (χ3v) is 6.10. The molecule has 0 saturated heterocycles. The van der Waals surface area contributed by atoms with Crippen LogP contribution in [0.5, 0.6) is 0 Å². The molecule has 22 heavy (non-hydrogen) atoms. The van der Waals surface area contributed by atoms with Crippen LogP contribution in [0.3, 0.4) is 0 Å². The van der Waals surface area contributed by atoms with E-state index in [-0.39, 0.29) is 5.82 Å². The number of aromatic nitrogens is 1. The molecule has 2 aromatic rings. The average molecular weight is 318 g/mol. The Hall–Kier alpha value is -1.48. The molecule has 0 aliphatic carbocycles. The van der Waals surface area contributed by atoms with E-state index in [1.54, 1.807) is 6.07 Å². The Balaban J connectivity index is 2.77. The lowest BCUT2D eigenvalue weighted by Gasteiger charge is -2.22. The molecule has 1 aromatic heterocycles. The lowest BCUT2D eigenvalue weighted by molar-refractivity contribution is -0.659. The van der Waals surface area contributed by atoms with Crippen molar-refractivity contribution in [1.29, 1.82) is 0 Å². The maximum absolute atomic E-state index is 13.4. The standard InChI is InChI=1S/C19H27FNSi/c1-13(2)17-11-18(16-9-8-15(20)10-14(16)3)21(4)12-19(17)22(5,6)7/h8-13H,1-7H3/q+1/i13D. The number of benzene rings is 1. The first-order valence-corrected chi connectivity index (χ1v) is 11.2. The molecule has 3 heteroatoms. The number of hydrogen-bond donors (Lipinski definition) is 0. The highest BCUT2D eigenvalue weighted by Gasteiger charge is 2.27. The van der Waals surface area contributed by atoms with E-state index in [9.17, 15) is 4.39 Å². The normalized spacial score (nSPS) is 13.2. The minimum absolute atomic E-state index is 0.214. The molecule has 2 rings (SSSR count). The summed E-state index contributed by atoms with van der Waals surface area (Å²) in [6.07, 6.45) is 2.18. The van der Waals surface area contributed by atoms with Crippen molar-refractivity contribution in [3.63, 3.8) is 0 Å². The summed E-state index contributed by atoms with van der Waals surface area (Å²) in [7, 11) is 0.464. The van der Waals surface area contributed by atoms with Crippen LogP contribution in [-0.4, -0.2) is 8.07 Å². The van der Waals surface area contributed by atoms with Crippen molar-refractivity contribution in [3.8, 4) is 11.3 Å². The second kappa shape index (κ2) is 5.96. The monoisotopic (exact) mass is 317 g/mol. The van der Waals surface area contributed by atoms with E-state index in [1.807, 2.05) is 33.9 Å². The van der Waals surface area contributed by atoms with Gasteiger partial charge in [-0.25, -0.2) is 8.96 Å². The number of aryl methyl sites for hydroxylation is 2. The summed E-state index contributed by atoms with van der Waals surface area (Å²) in [5.41, 5.74) is 4.03. The summed E-state index contributed by atoms with van der Waals surface area (Å²) in [5.74, 6) is -0.874. The second-order valence-electron chi connectivity index (χ2n) is 7.31. The van der Waals surface area contributed by atoms with Crippen LogP contribution in [0.15, 0.2) is 30.5 Å². The van der Waals surface area contributed by atoms with Gasteiger partial charge in [-0.1, -0.05) is 33.5 Å². The molecule has 0 aliphatic rings. The molecule has 0 unspecified atom stereocenters. The van der Waals surface area contributed by atoms with E-state index in [4.69, 9.17) is 1.37 Å². The summed E-state index contributed by atoms with van der Waals surface area (Å²) in [5, 5.41) is 1.31. The minimum Gasteiger partial charge on any atom is -0.207 e. The molecule has 0 radical (unpaired) electrons. The van der Waals surface area contributed by atoms with Gasteiger partial charge < -0.3 is 0 Å². The Morgan fingerprint density at radius 2 is 1.82 bits per heavy atom. The SMILES string of the molecule is [2H]C(C)(C)c1cc(-c2ccc(F)cc2C)[n+](C)cc1[Si](C)(C)C. The summed E-state index contributed by atoms with van der Waals surface area (Å²) < 4.78 is 24.1. The molecule has 0 N–H and O–H groups in total. The molecule has 1 nitrogen and oxygen atoms in total. The number of hydrogen-bond acceptors (Lipinski definition) is 0. The van der Waals surface area contributed by atoms with Gasteiger partial charge in [-0.2, -0.15) is 0 Å². The number of pyridine rings is 1. The van der Waals surface area contributed by atoms with Crippen molar-refractivity contribution in [3.05, 3.63) is 47.4 Å². The smallest absolute Gasteiger partial charge is 0.207 e. The zero-order valence-corrected chi connectivity index (χ0v) is 15.7. The van der Waals surface area contributed by atoms with Crippen LogP contribution in [0.1, 0.15) is 32.2 Å². The molecule has 0 amide bonds. The van der Waals surface area contributed by atoms with E-state index >= 15 is 0 Å². The van der Waals surface area contributed by atoms with Gasteiger partial charge in [-0.3, -0.25) is 0 Å². The minimum atomic E-state index is -1.57. The Kier molecular flexibility index (Phi) is 4.17. The third-order valence-electron chi connectivity index (χ3n) is 4.09. The fourth-order valence-electron chi connectivity index (χ4n) is 2.84. The predicted octanol–water partition coefficient (Wildman–Crippen LogP) is 4.29. The first kappa shape index (κ1) is 15.4. The maximum Gasteiger partial charge on any atom is 0.212 e. The van der Waals surface area contributed by atoms with Crippen molar-refractivity contribution >= 4 is 13.3 Å². The molecule has 0 spiro atoms. The largest absolute Gasteiger partial charge is 0.212 e. The molecule has 0 atom stereocenters. The van der Waals surface area contributed by atoms with E-state index in [1.165, 1.54) is 11.3 Å². The van der Waals surface area contributed by atoms with Crippen LogP contribution < -0.4 is 9.75 Å². The van der Waals surface area contributed by atoms with Crippen LogP contribution in [0.2, 0.25) is 19.6 Å². The van der Waals surface area contributed by atoms with Gasteiger partial charge in [0.05, 0.1) is 8.07 Å². The quantitative estimate of drug-likeness (QED) is 0.587. The molecular formula is C19H27FNSi+. The van der Waals surface area contributed by atoms with E-state index in [0.29, 0.717) is 0 Å². The van der Waals surface area contributed by atoms with Crippen molar-refractivity contribution in [2.24, 2.45) is 7.05 Å². The Morgan fingerprint density at radius 1 is 1.18 bits per heavy atom. The Labute approximate surface area is 136 Å². The summed E-state index contributed by atoms with van der Waals surface area (Å²) in [4.78, 5) is 0. The van der Waals surface area contributed by atoms with Crippen molar-refractivity contribution in [2.45, 2.75) is 46.3 Å². The van der Waals surface area contributed by atoms with Gasteiger partial charge in [0, 0.05) is 18.2 Å². The first-order chi connectivity index (χ1) is 10.4. The summed E-state index contributed by atoms with van der Waals surface area (Å²) >= 11 is 0. The van der Waals surface area contributed by atoms with Crippen LogP contribution >= 0.6 is 0 Å². The van der Waals surface area contributed by atoms with Crippen molar-refractivity contribution < 1.29 is 10.3 Å². The molecule has 0 bridgehead atoms.